The number of aryl methyl sites for hydroxylation is 1. The van der Waals surface area contributed by atoms with Gasteiger partial charge in [0.05, 0.1) is 0 Å². The van der Waals surface area contributed by atoms with Gasteiger partial charge in [-0.25, -0.2) is 0 Å². The summed E-state index contributed by atoms with van der Waals surface area (Å²) >= 11 is 0.717. The van der Waals surface area contributed by atoms with E-state index in [0.29, 0.717) is 0 Å². The van der Waals surface area contributed by atoms with E-state index in [2.05, 4.69) is 29.3 Å². The molecule has 0 radical (unpaired) electrons. The zero-order chi connectivity index (χ0) is 9.36. The summed E-state index contributed by atoms with van der Waals surface area (Å²) in [5.74, 6) is 0. The standard InChI is InChI=1S/C6H8Se.C5H11N/c1-2-6-4-3-5-7-6;1-2-4-6-5-3-1/h3-5H,2H2,1H3;6H,1-5H2. The fourth-order valence-corrected chi connectivity index (χ4v) is 2.69. The molecule has 0 aromatic carbocycles. The van der Waals surface area contributed by atoms with Crippen molar-refractivity contribution in [2.24, 2.45) is 0 Å². The Morgan fingerprint density at radius 1 is 1.31 bits per heavy atom. The second kappa shape index (κ2) is 7.37. The molecule has 0 atom stereocenters. The van der Waals surface area contributed by atoms with Gasteiger partial charge in [0.1, 0.15) is 0 Å². The summed E-state index contributed by atoms with van der Waals surface area (Å²) in [5, 5.41) is 3.28. The van der Waals surface area contributed by atoms with Crippen LogP contribution in [-0.4, -0.2) is 27.6 Å². The number of rotatable bonds is 1. The van der Waals surface area contributed by atoms with E-state index in [-0.39, 0.29) is 0 Å². The van der Waals surface area contributed by atoms with Crippen molar-refractivity contribution in [3.05, 3.63) is 21.5 Å². The number of hydrogen-bond acceptors (Lipinski definition) is 1. The summed E-state index contributed by atoms with van der Waals surface area (Å²) in [4.78, 5) is 2.26. The molecule has 2 rings (SSSR count). The molecule has 0 unspecified atom stereocenters. The quantitative estimate of drug-likeness (QED) is 0.746. The summed E-state index contributed by atoms with van der Waals surface area (Å²) in [5.41, 5.74) is 0. The zero-order valence-corrected chi connectivity index (χ0v) is 10.1. The Balaban J connectivity index is 0.000000132. The molecule has 0 spiro atoms. The third-order valence-electron chi connectivity index (χ3n) is 2.14. The molecule has 2 heteroatoms. The van der Waals surface area contributed by atoms with Crippen LogP contribution in [0, 0.1) is 0 Å². The van der Waals surface area contributed by atoms with Gasteiger partial charge < -0.3 is 5.32 Å². The molecule has 1 aliphatic rings. The topological polar surface area (TPSA) is 12.0 Å². The second-order valence-electron chi connectivity index (χ2n) is 3.24. The van der Waals surface area contributed by atoms with Crippen LogP contribution >= 0.6 is 0 Å². The number of piperidine rings is 1. The first-order valence-electron chi connectivity index (χ1n) is 5.16. The molecule has 1 saturated heterocycles. The normalized spacial score (nSPS) is 16.1. The Bertz CT molecular complexity index is 178. The van der Waals surface area contributed by atoms with Crippen LogP contribution in [0.15, 0.2) is 17.1 Å². The molecule has 74 valence electrons. The van der Waals surface area contributed by atoms with Gasteiger partial charge in [-0.15, -0.1) is 0 Å². The van der Waals surface area contributed by atoms with Crippen LogP contribution in [0.3, 0.4) is 0 Å². The van der Waals surface area contributed by atoms with E-state index in [1.807, 2.05) is 0 Å². The van der Waals surface area contributed by atoms with E-state index in [1.54, 1.807) is 4.44 Å². The van der Waals surface area contributed by atoms with Crippen molar-refractivity contribution < 1.29 is 0 Å². The van der Waals surface area contributed by atoms with Gasteiger partial charge in [-0.1, -0.05) is 6.42 Å². The first-order chi connectivity index (χ1) is 6.43. The van der Waals surface area contributed by atoms with E-state index in [0.717, 1.165) is 14.5 Å². The van der Waals surface area contributed by atoms with Gasteiger partial charge in [0.2, 0.25) is 0 Å². The third-order valence-corrected chi connectivity index (χ3v) is 4.28. The van der Waals surface area contributed by atoms with Crippen LogP contribution in [-0.2, 0) is 6.42 Å². The molecule has 1 N–H and O–H groups in total. The van der Waals surface area contributed by atoms with Crippen LogP contribution in [0.2, 0.25) is 0 Å². The Morgan fingerprint density at radius 3 is 2.31 bits per heavy atom. The monoisotopic (exact) mass is 245 g/mol. The number of hydrogen-bond donors (Lipinski definition) is 1. The first kappa shape index (κ1) is 11.0. The van der Waals surface area contributed by atoms with E-state index in [1.165, 1.54) is 38.8 Å². The summed E-state index contributed by atoms with van der Waals surface area (Å²) in [6, 6.07) is 4.37. The summed E-state index contributed by atoms with van der Waals surface area (Å²) in [6.45, 7) is 4.71. The summed E-state index contributed by atoms with van der Waals surface area (Å²) < 4.78 is 1.62. The maximum atomic E-state index is 3.28. The average molecular weight is 244 g/mol. The van der Waals surface area contributed by atoms with Crippen molar-refractivity contribution in [2.75, 3.05) is 13.1 Å². The Kier molecular flexibility index (Phi) is 6.26. The van der Waals surface area contributed by atoms with Crippen LogP contribution in [0.25, 0.3) is 0 Å². The Hall–Kier alpha value is -0.0405. The SMILES string of the molecule is C1CCNCC1.CCc1ccc[se]1. The minimum atomic E-state index is 0.717. The van der Waals surface area contributed by atoms with Crippen molar-refractivity contribution in [3.63, 3.8) is 0 Å². The molecule has 0 aliphatic carbocycles. The summed E-state index contributed by atoms with van der Waals surface area (Å²) in [7, 11) is 0. The van der Waals surface area contributed by atoms with Gasteiger partial charge >= 0.3 is 49.4 Å². The molecule has 0 saturated carbocycles. The average Bonchev–Trinajstić information content (AvgIpc) is 2.74. The van der Waals surface area contributed by atoms with E-state index >= 15 is 0 Å². The molecular formula is C11H19NSe. The van der Waals surface area contributed by atoms with Gasteiger partial charge in [0.25, 0.3) is 0 Å². The van der Waals surface area contributed by atoms with E-state index in [4.69, 9.17) is 0 Å². The predicted octanol–water partition coefficient (Wildman–Crippen LogP) is 2.07. The molecule has 1 aromatic heterocycles. The van der Waals surface area contributed by atoms with Crippen molar-refractivity contribution in [3.8, 4) is 0 Å². The molecule has 0 bridgehead atoms. The molecule has 1 fully saturated rings. The van der Waals surface area contributed by atoms with Crippen molar-refractivity contribution >= 4 is 14.5 Å². The van der Waals surface area contributed by atoms with Crippen LogP contribution in [0.5, 0.6) is 0 Å². The fourth-order valence-electron chi connectivity index (χ4n) is 1.32. The van der Waals surface area contributed by atoms with E-state index < -0.39 is 0 Å². The maximum absolute atomic E-state index is 3.28. The van der Waals surface area contributed by atoms with Crippen LogP contribution in [0.4, 0.5) is 0 Å². The molecule has 1 aliphatic heterocycles. The van der Waals surface area contributed by atoms with Gasteiger partial charge in [0.15, 0.2) is 0 Å². The first-order valence-corrected chi connectivity index (χ1v) is 7.01. The second-order valence-corrected chi connectivity index (χ2v) is 5.41. The molecule has 1 nitrogen and oxygen atoms in total. The predicted molar refractivity (Wildman–Crippen MR) is 59.5 cm³/mol. The van der Waals surface area contributed by atoms with Gasteiger partial charge in [-0.3, -0.25) is 0 Å². The molecular weight excluding hydrogens is 225 g/mol. The minimum absolute atomic E-state index is 0.717. The molecule has 1 aromatic rings. The van der Waals surface area contributed by atoms with Crippen LogP contribution in [0.1, 0.15) is 30.6 Å². The third kappa shape index (κ3) is 5.30. The fraction of sp³-hybridized carbons (Fsp3) is 0.636. The number of nitrogens with one attached hydrogen (secondary N) is 1. The van der Waals surface area contributed by atoms with Crippen molar-refractivity contribution in [2.45, 2.75) is 32.6 Å². The Morgan fingerprint density at radius 2 is 2.08 bits per heavy atom. The van der Waals surface area contributed by atoms with Gasteiger partial charge in [-0.2, -0.15) is 0 Å². The van der Waals surface area contributed by atoms with Crippen molar-refractivity contribution in [1.82, 2.24) is 5.32 Å². The van der Waals surface area contributed by atoms with Crippen molar-refractivity contribution in [1.29, 1.82) is 0 Å². The molecule has 0 amide bonds. The van der Waals surface area contributed by atoms with Gasteiger partial charge in [0, 0.05) is 0 Å². The summed E-state index contributed by atoms with van der Waals surface area (Å²) in [6.07, 6.45) is 5.46. The van der Waals surface area contributed by atoms with E-state index in [9.17, 15) is 0 Å². The molecule has 2 heterocycles. The van der Waals surface area contributed by atoms with Gasteiger partial charge in [-0.05, 0) is 25.9 Å². The zero-order valence-electron chi connectivity index (χ0n) is 8.38. The molecule has 13 heavy (non-hydrogen) atoms. The van der Waals surface area contributed by atoms with Crippen LogP contribution < -0.4 is 5.32 Å². The Labute approximate surface area is 87.3 Å².